The highest BCUT2D eigenvalue weighted by Gasteiger charge is 2.34. The molecule has 46 valence electrons. The Balaban J connectivity index is 4.02. The van der Waals surface area contributed by atoms with Crippen LogP contribution in [0.3, 0.4) is 0 Å². The van der Waals surface area contributed by atoms with E-state index in [1.807, 2.05) is 0 Å². The average Bonchev–Trinajstić information content (AvgIpc) is 1.62. The highest BCUT2D eigenvalue weighted by Crippen LogP contribution is 2.15. The minimum atomic E-state index is -0.602. The molecule has 0 unspecified atom stereocenters. The summed E-state index contributed by atoms with van der Waals surface area (Å²) in [6.07, 6.45) is 0. The number of hydrogen-bond donors (Lipinski definition) is 0. The van der Waals surface area contributed by atoms with E-state index in [1.54, 1.807) is 13.8 Å². The number of alkyl halides is 1. The fraction of sp³-hybridized carbons (Fsp3) is 0.600. The van der Waals surface area contributed by atoms with Crippen molar-refractivity contribution in [2.45, 2.75) is 18.2 Å². The van der Waals surface area contributed by atoms with Crippen LogP contribution in [0, 0.1) is 0 Å². The van der Waals surface area contributed by atoms with Gasteiger partial charge in [0.1, 0.15) is 0 Å². The van der Waals surface area contributed by atoms with Gasteiger partial charge in [0.15, 0.2) is 11.1 Å². The molecular weight excluding hydrogens is 172 g/mol. The molecule has 0 bridgehead atoms. The van der Waals surface area contributed by atoms with Crippen molar-refractivity contribution in [3.63, 3.8) is 0 Å². The van der Waals surface area contributed by atoms with Crippen molar-refractivity contribution in [3.8, 4) is 0 Å². The molecule has 0 aromatic rings. The highest BCUT2D eigenvalue weighted by molar-refractivity contribution is 9.10. The molecule has 0 saturated heterocycles. The summed E-state index contributed by atoms with van der Waals surface area (Å²) >= 11 is 3.09. The summed E-state index contributed by atoms with van der Waals surface area (Å²) in [6.45, 7) is 6.36. The van der Waals surface area contributed by atoms with Crippen molar-refractivity contribution in [3.05, 3.63) is 0 Å². The molecule has 0 fully saturated rings. The third kappa shape index (κ3) is 2.21. The van der Waals surface area contributed by atoms with Gasteiger partial charge in [-0.05, 0) is 13.8 Å². The largest absolute Gasteiger partial charge is 0.595 e. The fourth-order valence-corrected chi connectivity index (χ4v) is 0.286. The third-order valence-corrected chi connectivity index (χ3v) is 0.940. The second-order valence-corrected chi connectivity index (χ2v) is 3.89. The Morgan fingerprint density at radius 3 is 2.12 bits per heavy atom. The van der Waals surface area contributed by atoms with Gasteiger partial charge in [-0.15, -0.1) is 0 Å². The van der Waals surface area contributed by atoms with Crippen LogP contribution in [0.15, 0.2) is 0 Å². The summed E-state index contributed by atoms with van der Waals surface area (Å²) in [4.78, 5) is 10.5. The normalized spacial score (nSPS) is 10.9. The summed E-state index contributed by atoms with van der Waals surface area (Å²) in [5.74, 6) is -0.363. The zero-order valence-corrected chi connectivity index (χ0v) is 6.49. The van der Waals surface area contributed by atoms with Crippen LogP contribution in [0.1, 0.15) is 13.8 Å². The lowest BCUT2D eigenvalue weighted by atomic mass is 10.2. The summed E-state index contributed by atoms with van der Waals surface area (Å²) < 4.78 is 3.58. The Labute approximate surface area is 56.7 Å². The zero-order valence-electron chi connectivity index (χ0n) is 4.90. The number of halogens is 1. The monoisotopic (exact) mass is 179 g/mol. The molecule has 0 aliphatic carbocycles. The highest BCUT2D eigenvalue weighted by atomic mass is 79.9. The molecule has 0 amide bonds. The van der Waals surface area contributed by atoms with Crippen LogP contribution >= 0.6 is 15.9 Å². The Hall–Kier alpha value is -0.180. The third-order valence-electron chi connectivity index (χ3n) is 0.616. The Morgan fingerprint density at radius 2 is 2.12 bits per heavy atom. The standard InChI is InChI=1S/C5H8BrO2/c1-5(2,6)4(7)8-3/h3H2,1-2H3/q+1. The Bertz CT molecular complexity index is 112. The van der Waals surface area contributed by atoms with E-state index in [0.29, 0.717) is 0 Å². The summed E-state index contributed by atoms with van der Waals surface area (Å²) in [5, 5.41) is 0. The van der Waals surface area contributed by atoms with Gasteiger partial charge < -0.3 is 0 Å². The van der Waals surface area contributed by atoms with Gasteiger partial charge >= 0.3 is 5.97 Å². The first-order chi connectivity index (χ1) is 3.48. The SMILES string of the molecule is C=[O+]C(=O)C(C)(C)Br. The maximum Gasteiger partial charge on any atom is 0.595 e. The van der Waals surface area contributed by atoms with Crippen molar-refractivity contribution in [1.29, 1.82) is 0 Å². The number of rotatable bonds is 1. The van der Waals surface area contributed by atoms with Gasteiger partial charge in [-0.25, -0.2) is 0 Å². The molecule has 2 nitrogen and oxygen atoms in total. The lowest BCUT2D eigenvalue weighted by Crippen LogP contribution is -2.23. The Kier molecular flexibility index (Phi) is 2.34. The van der Waals surface area contributed by atoms with Crippen LogP contribution in [0.4, 0.5) is 0 Å². The van der Waals surface area contributed by atoms with E-state index in [9.17, 15) is 4.79 Å². The Morgan fingerprint density at radius 1 is 1.75 bits per heavy atom. The smallest absolute Gasteiger partial charge is 0.287 e. The minimum Gasteiger partial charge on any atom is -0.287 e. The van der Waals surface area contributed by atoms with Gasteiger partial charge in [0.2, 0.25) is 0 Å². The van der Waals surface area contributed by atoms with Crippen LogP contribution in [-0.4, -0.2) is 17.1 Å². The van der Waals surface area contributed by atoms with Crippen LogP contribution in [0.25, 0.3) is 0 Å². The van der Waals surface area contributed by atoms with Gasteiger partial charge in [-0.3, -0.25) is 4.42 Å². The molecule has 0 radical (unpaired) electrons. The molecule has 8 heavy (non-hydrogen) atoms. The molecule has 0 atom stereocenters. The zero-order chi connectivity index (χ0) is 6.78. The van der Waals surface area contributed by atoms with E-state index in [4.69, 9.17) is 0 Å². The molecule has 0 aliphatic rings. The second-order valence-electron chi connectivity index (χ2n) is 1.90. The van der Waals surface area contributed by atoms with Crippen LogP contribution < -0.4 is 0 Å². The van der Waals surface area contributed by atoms with Gasteiger partial charge in [-0.1, -0.05) is 15.9 Å². The molecule has 0 aromatic heterocycles. The van der Waals surface area contributed by atoms with Gasteiger partial charge in [-0.2, -0.15) is 0 Å². The van der Waals surface area contributed by atoms with Crippen LogP contribution in [0.5, 0.6) is 0 Å². The van der Waals surface area contributed by atoms with Crippen molar-refractivity contribution in [2.24, 2.45) is 0 Å². The van der Waals surface area contributed by atoms with Crippen LogP contribution in [-0.2, 0) is 9.22 Å². The first kappa shape index (κ1) is 7.82. The molecule has 0 saturated carbocycles. The van der Waals surface area contributed by atoms with E-state index in [2.05, 4.69) is 27.1 Å². The lowest BCUT2D eigenvalue weighted by molar-refractivity contribution is -0.370. The summed E-state index contributed by atoms with van der Waals surface area (Å²) in [5.41, 5.74) is 0. The van der Waals surface area contributed by atoms with E-state index in [1.165, 1.54) is 0 Å². The first-order valence-electron chi connectivity index (χ1n) is 2.14. The van der Waals surface area contributed by atoms with E-state index in [0.717, 1.165) is 0 Å². The summed E-state index contributed by atoms with van der Waals surface area (Å²) in [7, 11) is 0. The summed E-state index contributed by atoms with van der Waals surface area (Å²) in [6, 6.07) is 0. The molecule has 0 rings (SSSR count). The van der Waals surface area contributed by atoms with Crippen molar-refractivity contribution >= 4 is 28.7 Å². The molecule has 0 aromatic carbocycles. The predicted octanol–water partition coefficient (Wildman–Crippen LogP) is 1.05. The van der Waals surface area contributed by atoms with E-state index < -0.39 is 4.32 Å². The van der Waals surface area contributed by atoms with Crippen molar-refractivity contribution in [1.82, 2.24) is 0 Å². The second kappa shape index (κ2) is 2.40. The molecule has 3 heteroatoms. The molecule has 0 spiro atoms. The lowest BCUT2D eigenvalue weighted by Gasteiger charge is -1.98. The molecule has 0 heterocycles. The molecule has 0 N–H and O–H groups in total. The maximum absolute atomic E-state index is 10.5. The van der Waals surface area contributed by atoms with E-state index in [-0.39, 0.29) is 5.97 Å². The first-order valence-corrected chi connectivity index (χ1v) is 2.93. The molecular formula is C5H8BrO2+. The number of carbonyl (C=O) groups is 1. The van der Waals surface area contributed by atoms with Gasteiger partial charge in [0.05, 0.1) is 4.79 Å². The van der Waals surface area contributed by atoms with Crippen molar-refractivity contribution in [2.75, 3.05) is 0 Å². The number of hydrogen-bond acceptors (Lipinski definition) is 1. The fourth-order valence-electron chi connectivity index (χ4n) is 0.172. The van der Waals surface area contributed by atoms with E-state index >= 15 is 0 Å². The predicted molar refractivity (Wildman–Crippen MR) is 35.1 cm³/mol. The maximum atomic E-state index is 10.5. The quantitative estimate of drug-likeness (QED) is 0.437. The van der Waals surface area contributed by atoms with Gasteiger partial charge in [0, 0.05) is 0 Å². The average molecular weight is 180 g/mol. The van der Waals surface area contributed by atoms with Crippen molar-refractivity contribution < 1.29 is 9.22 Å². The van der Waals surface area contributed by atoms with Gasteiger partial charge in [0.25, 0.3) is 0 Å². The van der Waals surface area contributed by atoms with Crippen LogP contribution in [0.2, 0.25) is 0 Å². The molecule has 0 aliphatic heterocycles. The number of carbonyl (C=O) groups excluding carboxylic acids is 2. The minimum absolute atomic E-state index is 0.363. The topological polar surface area (TPSA) is 28.4 Å².